The van der Waals surface area contributed by atoms with Crippen LogP contribution in [0.1, 0.15) is 31.2 Å². The van der Waals surface area contributed by atoms with Crippen molar-refractivity contribution in [3.8, 4) is 0 Å². The highest BCUT2D eigenvalue weighted by molar-refractivity contribution is 6.30. The van der Waals surface area contributed by atoms with Crippen LogP contribution in [0.2, 0.25) is 5.15 Å². The molecule has 0 unspecified atom stereocenters. The first-order valence-electron chi connectivity index (χ1n) is 7.63. The van der Waals surface area contributed by atoms with Crippen LogP contribution in [-0.2, 0) is 15.9 Å². The van der Waals surface area contributed by atoms with Crippen molar-refractivity contribution in [2.75, 3.05) is 37.8 Å². The van der Waals surface area contributed by atoms with Gasteiger partial charge in [-0.25, -0.2) is 9.97 Å². The lowest BCUT2D eigenvalue weighted by Crippen LogP contribution is -2.55. The molecule has 116 valence electrons. The van der Waals surface area contributed by atoms with E-state index in [0.29, 0.717) is 5.15 Å². The quantitative estimate of drug-likeness (QED) is 0.785. The topological polar surface area (TPSA) is 47.5 Å². The first-order chi connectivity index (χ1) is 10.1. The molecule has 3 heterocycles. The summed E-state index contributed by atoms with van der Waals surface area (Å²) in [5.41, 5.74) is 0.943. The van der Waals surface area contributed by atoms with Crippen LogP contribution in [-0.4, -0.2) is 48.5 Å². The minimum atomic E-state index is -0.0904. The van der Waals surface area contributed by atoms with E-state index in [-0.39, 0.29) is 5.60 Å². The average Bonchev–Trinajstić information content (AvgIpc) is 2.47. The Morgan fingerprint density at radius 2 is 2.00 bits per heavy atom. The molecular formula is C15H22ClN3O2. The summed E-state index contributed by atoms with van der Waals surface area (Å²) >= 11 is 6.30. The van der Waals surface area contributed by atoms with E-state index in [1.807, 2.05) is 6.92 Å². The van der Waals surface area contributed by atoms with Gasteiger partial charge in [-0.1, -0.05) is 18.5 Å². The van der Waals surface area contributed by atoms with Crippen molar-refractivity contribution in [1.29, 1.82) is 0 Å². The molecule has 0 radical (unpaired) electrons. The summed E-state index contributed by atoms with van der Waals surface area (Å²) in [5, 5.41) is 0.576. The Bertz CT molecular complexity index is 512. The number of ether oxygens (including phenoxy) is 2. The maximum atomic E-state index is 6.30. The van der Waals surface area contributed by atoms with Gasteiger partial charge in [0.1, 0.15) is 16.8 Å². The van der Waals surface area contributed by atoms with E-state index >= 15 is 0 Å². The Labute approximate surface area is 130 Å². The molecule has 5 nitrogen and oxygen atoms in total. The zero-order valence-electron chi connectivity index (χ0n) is 12.7. The zero-order valence-corrected chi connectivity index (χ0v) is 13.4. The largest absolute Gasteiger partial charge is 0.381 e. The van der Waals surface area contributed by atoms with Gasteiger partial charge in [0.15, 0.2) is 0 Å². The molecule has 2 aliphatic heterocycles. The molecular weight excluding hydrogens is 290 g/mol. The number of rotatable bonds is 2. The molecule has 2 aliphatic rings. The lowest BCUT2D eigenvalue weighted by Gasteiger charge is -2.45. The number of nitrogens with zero attached hydrogens (tertiary/aromatic N) is 3. The fourth-order valence-electron chi connectivity index (χ4n) is 3.18. The van der Waals surface area contributed by atoms with Crippen LogP contribution in [0.5, 0.6) is 0 Å². The zero-order chi connectivity index (χ0) is 14.9. The Kier molecular flexibility index (Phi) is 4.33. The molecule has 2 fully saturated rings. The van der Waals surface area contributed by atoms with Crippen LogP contribution >= 0.6 is 11.6 Å². The molecule has 0 aliphatic carbocycles. The number of hydrogen-bond acceptors (Lipinski definition) is 5. The second-order valence-corrected chi connectivity index (χ2v) is 6.14. The summed E-state index contributed by atoms with van der Waals surface area (Å²) in [7, 11) is 0. The fraction of sp³-hybridized carbons (Fsp3) is 0.733. The van der Waals surface area contributed by atoms with Gasteiger partial charge < -0.3 is 14.4 Å². The van der Waals surface area contributed by atoms with Crippen molar-refractivity contribution in [3.63, 3.8) is 0 Å². The summed E-state index contributed by atoms with van der Waals surface area (Å²) < 4.78 is 11.6. The van der Waals surface area contributed by atoms with Crippen molar-refractivity contribution < 1.29 is 9.47 Å². The maximum Gasteiger partial charge on any atom is 0.138 e. The number of hydrogen-bond donors (Lipinski definition) is 0. The average molecular weight is 312 g/mol. The smallest absolute Gasteiger partial charge is 0.138 e. The molecule has 1 aromatic heterocycles. The summed E-state index contributed by atoms with van der Waals surface area (Å²) in [4.78, 5) is 11.2. The van der Waals surface area contributed by atoms with Crippen molar-refractivity contribution in [3.05, 3.63) is 16.5 Å². The van der Waals surface area contributed by atoms with Gasteiger partial charge in [0, 0.05) is 44.7 Å². The highest BCUT2D eigenvalue weighted by Crippen LogP contribution is 2.33. The lowest BCUT2D eigenvalue weighted by atomic mass is 9.92. The van der Waals surface area contributed by atoms with Crippen molar-refractivity contribution in [1.82, 2.24) is 9.97 Å². The minimum Gasteiger partial charge on any atom is -0.381 e. The van der Waals surface area contributed by atoms with Crippen LogP contribution in [0.25, 0.3) is 0 Å². The lowest BCUT2D eigenvalue weighted by molar-refractivity contribution is -0.116. The van der Waals surface area contributed by atoms with Gasteiger partial charge in [0.05, 0.1) is 12.2 Å². The van der Waals surface area contributed by atoms with E-state index in [1.54, 1.807) is 0 Å². The second kappa shape index (κ2) is 6.07. The van der Waals surface area contributed by atoms with Crippen LogP contribution in [0.3, 0.4) is 0 Å². The number of aromatic nitrogens is 2. The normalized spacial score (nSPS) is 21.8. The highest BCUT2D eigenvalue weighted by Gasteiger charge is 2.39. The van der Waals surface area contributed by atoms with Crippen molar-refractivity contribution in [2.24, 2.45) is 0 Å². The Balaban J connectivity index is 1.89. The number of halogens is 1. The molecule has 1 aromatic rings. The molecule has 0 atom stereocenters. The monoisotopic (exact) mass is 311 g/mol. The summed E-state index contributed by atoms with van der Waals surface area (Å²) in [6.07, 6.45) is 2.73. The summed E-state index contributed by atoms with van der Waals surface area (Å²) in [5.74, 6) is 1.70. The van der Waals surface area contributed by atoms with Gasteiger partial charge in [-0.2, -0.15) is 0 Å². The van der Waals surface area contributed by atoms with Gasteiger partial charge in [-0.3, -0.25) is 0 Å². The third kappa shape index (κ3) is 3.00. The summed E-state index contributed by atoms with van der Waals surface area (Å²) in [6.45, 7) is 7.96. The molecule has 1 spiro atoms. The van der Waals surface area contributed by atoms with E-state index < -0.39 is 0 Å². The molecule has 3 rings (SSSR count). The van der Waals surface area contributed by atoms with Gasteiger partial charge in [0.25, 0.3) is 0 Å². The standard InChI is InChI=1S/C15H22ClN3O2/c1-3-12-13(16)17-11(2)18-14(12)19-6-9-21-15(10-19)4-7-20-8-5-15/h3-10H2,1-2H3. The first-order valence-corrected chi connectivity index (χ1v) is 8.01. The van der Waals surface area contributed by atoms with Crippen molar-refractivity contribution in [2.45, 2.75) is 38.7 Å². The number of morpholine rings is 1. The van der Waals surface area contributed by atoms with E-state index in [9.17, 15) is 0 Å². The molecule has 0 N–H and O–H groups in total. The van der Waals surface area contributed by atoms with Crippen molar-refractivity contribution >= 4 is 17.4 Å². The van der Waals surface area contributed by atoms with E-state index in [0.717, 1.165) is 69.4 Å². The van der Waals surface area contributed by atoms with Crippen LogP contribution in [0.15, 0.2) is 0 Å². The van der Waals surface area contributed by atoms with Gasteiger partial charge in [0.2, 0.25) is 0 Å². The first kappa shape index (κ1) is 15.0. The maximum absolute atomic E-state index is 6.30. The Hall–Kier alpha value is -0.910. The number of anilines is 1. The fourth-order valence-corrected chi connectivity index (χ4v) is 3.53. The minimum absolute atomic E-state index is 0.0904. The SMILES string of the molecule is CCc1c(Cl)nc(C)nc1N1CCOC2(CCOCC2)C1. The Morgan fingerprint density at radius 3 is 2.71 bits per heavy atom. The van der Waals surface area contributed by atoms with E-state index in [1.165, 1.54) is 0 Å². The summed E-state index contributed by atoms with van der Waals surface area (Å²) in [6, 6.07) is 0. The molecule has 0 aromatic carbocycles. The van der Waals surface area contributed by atoms with E-state index in [2.05, 4.69) is 21.8 Å². The molecule has 21 heavy (non-hydrogen) atoms. The van der Waals surface area contributed by atoms with Gasteiger partial charge >= 0.3 is 0 Å². The van der Waals surface area contributed by atoms with Gasteiger partial charge in [-0.05, 0) is 13.3 Å². The van der Waals surface area contributed by atoms with Crippen LogP contribution < -0.4 is 4.90 Å². The van der Waals surface area contributed by atoms with Crippen LogP contribution in [0.4, 0.5) is 5.82 Å². The predicted octanol–water partition coefficient (Wildman–Crippen LogP) is 2.39. The molecule has 6 heteroatoms. The highest BCUT2D eigenvalue weighted by atomic mass is 35.5. The molecule has 0 saturated carbocycles. The number of aryl methyl sites for hydroxylation is 1. The predicted molar refractivity (Wildman–Crippen MR) is 82.1 cm³/mol. The molecule has 2 saturated heterocycles. The van der Waals surface area contributed by atoms with Crippen LogP contribution in [0, 0.1) is 6.92 Å². The Morgan fingerprint density at radius 1 is 1.24 bits per heavy atom. The second-order valence-electron chi connectivity index (χ2n) is 5.78. The third-order valence-electron chi connectivity index (χ3n) is 4.35. The third-order valence-corrected chi connectivity index (χ3v) is 4.66. The van der Waals surface area contributed by atoms with E-state index in [4.69, 9.17) is 21.1 Å². The van der Waals surface area contributed by atoms with Gasteiger partial charge in [-0.15, -0.1) is 0 Å². The molecule has 0 bridgehead atoms. The molecule has 0 amide bonds.